The van der Waals surface area contributed by atoms with E-state index in [1.165, 1.54) is 30.3 Å². The highest BCUT2D eigenvalue weighted by Gasteiger charge is 2.24. The molecule has 10 heteroatoms. The van der Waals surface area contributed by atoms with Gasteiger partial charge in [0.05, 0.1) is 10.5 Å². The van der Waals surface area contributed by atoms with Crippen LogP contribution in [0.3, 0.4) is 0 Å². The number of imide groups is 1. The van der Waals surface area contributed by atoms with Gasteiger partial charge in [0.1, 0.15) is 0 Å². The number of ether oxygens (including phenoxy) is 1. The summed E-state index contributed by atoms with van der Waals surface area (Å²) in [6.07, 6.45) is 3.16. The molecule has 1 fully saturated rings. The smallest absolute Gasteiger partial charge is 0.338 e. The fraction of sp³-hybridized carbons (Fsp3) is 0.312. The zero-order valence-electron chi connectivity index (χ0n) is 13.9. The molecule has 0 bridgehead atoms. The van der Waals surface area contributed by atoms with Crippen LogP contribution in [0.15, 0.2) is 41.8 Å². The first-order chi connectivity index (χ1) is 12.3. The van der Waals surface area contributed by atoms with E-state index in [4.69, 9.17) is 4.74 Å². The number of rotatable bonds is 8. The minimum absolute atomic E-state index is 0.0228. The Kier molecular flexibility index (Phi) is 6.47. The van der Waals surface area contributed by atoms with Crippen LogP contribution in [0.2, 0.25) is 0 Å². The average molecular weight is 381 g/mol. The van der Waals surface area contributed by atoms with Gasteiger partial charge in [0.15, 0.2) is 6.61 Å². The standard InChI is InChI=1S/C16H19N3O6S/c1-2-9-17-26(23,24)13-7-3-11(4-8-13)15(21)25-10-14(20)19-16(22)18-12-5-6-12/h2-4,7-8,12,17H,1,5-6,9-10H2,(H2,18,19,20,22). The molecule has 0 saturated heterocycles. The fourth-order valence-electron chi connectivity index (χ4n) is 1.85. The Labute approximate surface area is 150 Å². The van der Waals surface area contributed by atoms with E-state index in [0.29, 0.717) is 0 Å². The lowest BCUT2D eigenvalue weighted by Gasteiger charge is -2.08. The van der Waals surface area contributed by atoms with Gasteiger partial charge in [-0.15, -0.1) is 6.58 Å². The third-order valence-corrected chi connectivity index (χ3v) is 4.76. The minimum atomic E-state index is -3.69. The van der Waals surface area contributed by atoms with Crippen LogP contribution in [0.1, 0.15) is 23.2 Å². The monoisotopic (exact) mass is 381 g/mol. The summed E-state index contributed by atoms with van der Waals surface area (Å²) < 4.78 is 30.9. The number of hydrogen-bond donors (Lipinski definition) is 3. The van der Waals surface area contributed by atoms with Gasteiger partial charge in [0.2, 0.25) is 10.0 Å². The van der Waals surface area contributed by atoms with Crippen molar-refractivity contribution in [1.29, 1.82) is 0 Å². The van der Waals surface area contributed by atoms with Gasteiger partial charge in [-0.25, -0.2) is 22.7 Å². The first-order valence-corrected chi connectivity index (χ1v) is 9.28. The first kappa shape index (κ1) is 19.6. The molecule has 0 unspecified atom stereocenters. The summed E-state index contributed by atoms with van der Waals surface area (Å²) in [7, 11) is -3.69. The Bertz CT molecular complexity index is 800. The highest BCUT2D eigenvalue weighted by Crippen LogP contribution is 2.18. The molecule has 140 valence electrons. The van der Waals surface area contributed by atoms with Crippen LogP contribution in [0.25, 0.3) is 0 Å². The van der Waals surface area contributed by atoms with E-state index in [0.717, 1.165) is 12.8 Å². The number of hydrogen-bond acceptors (Lipinski definition) is 6. The van der Waals surface area contributed by atoms with Crippen LogP contribution in [-0.2, 0) is 19.6 Å². The van der Waals surface area contributed by atoms with Gasteiger partial charge in [-0.05, 0) is 37.1 Å². The molecule has 0 heterocycles. The Morgan fingerprint density at radius 2 is 1.85 bits per heavy atom. The van der Waals surface area contributed by atoms with E-state index in [9.17, 15) is 22.8 Å². The maximum Gasteiger partial charge on any atom is 0.338 e. The zero-order chi connectivity index (χ0) is 19.2. The molecule has 0 aromatic heterocycles. The predicted molar refractivity (Wildman–Crippen MR) is 91.8 cm³/mol. The molecule has 0 aliphatic heterocycles. The highest BCUT2D eigenvalue weighted by atomic mass is 32.2. The van der Waals surface area contributed by atoms with Gasteiger partial charge >= 0.3 is 12.0 Å². The van der Waals surface area contributed by atoms with Crippen LogP contribution in [0.4, 0.5) is 4.79 Å². The van der Waals surface area contributed by atoms with Gasteiger partial charge < -0.3 is 10.1 Å². The Hall–Kier alpha value is -2.72. The van der Waals surface area contributed by atoms with E-state index in [1.54, 1.807) is 0 Å². The average Bonchev–Trinajstić information content (AvgIpc) is 3.41. The lowest BCUT2D eigenvalue weighted by atomic mass is 10.2. The molecule has 1 aromatic rings. The number of carbonyl (C=O) groups is 3. The van der Waals surface area contributed by atoms with E-state index >= 15 is 0 Å². The molecule has 1 aromatic carbocycles. The quantitative estimate of drug-likeness (QED) is 0.438. The van der Waals surface area contributed by atoms with Crippen molar-refractivity contribution in [2.45, 2.75) is 23.8 Å². The van der Waals surface area contributed by atoms with Gasteiger partial charge in [0.25, 0.3) is 5.91 Å². The molecule has 26 heavy (non-hydrogen) atoms. The van der Waals surface area contributed by atoms with Crippen LogP contribution in [0, 0.1) is 0 Å². The molecule has 1 saturated carbocycles. The number of carbonyl (C=O) groups excluding carboxylic acids is 3. The lowest BCUT2D eigenvalue weighted by molar-refractivity contribution is -0.123. The summed E-state index contributed by atoms with van der Waals surface area (Å²) in [6, 6.07) is 4.48. The summed E-state index contributed by atoms with van der Waals surface area (Å²) in [5.41, 5.74) is 0.0721. The number of urea groups is 1. The number of nitrogens with one attached hydrogen (secondary N) is 3. The van der Waals surface area contributed by atoms with Crippen molar-refractivity contribution in [2.24, 2.45) is 0 Å². The van der Waals surface area contributed by atoms with Gasteiger partial charge in [0, 0.05) is 12.6 Å². The molecule has 1 aliphatic carbocycles. The van der Waals surface area contributed by atoms with Crippen molar-refractivity contribution < 1.29 is 27.5 Å². The second-order valence-corrected chi connectivity index (χ2v) is 7.30. The molecule has 2 rings (SSSR count). The van der Waals surface area contributed by atoms with Gasteiger partial charge in [-0.2, -0.15) is 0 Å². The van der Waals surface area contributed by atoms with Crippen molar-refractivity contribution in [2.75, 3.05) is 13.2 Å². The second kappa shape index (κ2) is 8.59. The van der Waals surface area contributed by atoms with Crippen molar-refractivity contribution in [3.05, 3.63) is 42.5 Å². The summed E-state index contributed by atoms with van der Waals surface area (Å²) in [5, 5.41) is 4.60. The molecule has 3 N–H and O–H groups in total. The van der Waals surface area contributed by atoms with Gasteiger partial charge in [-0.3, -0.25) is 10.1 Å². The minimum Gasteiger partial charge on any atom is -0.452 e. The third kappa shape index (κ3) is 5.97. The molecule has 0 radical (unpaired) electrons. The van der Waals surface area contributed by atoms with Crippen molar-refractivity contribution in [3.63, 3.8) is 0 Å². The second-order valence-electron chi connectivity index (χ2n) is 5.54. The van der Waals surface area contributed by atoms with E-state index in [-0.39, 0.29) is 23.0 Å². The summed E-state index contributed by atoms with van der Waals surface area (Å²) in [6.45, 7) is 2.87. The van der Waals surface area contributed by atoms with Crippen molar-refractivity contribution >= 4 is 27.9 Å². The van der Waals surface area contributed by atoms with Crippen LogP contribution in [-0.4, -0.2) is 45.5 Å². The summed E-state index contributed by atoms with van der Waals surface area (Å²) >= 11 is 0. The molecule has 0 atom stereocenters. The lowest BCUT2D eigenvalue weighted by Crippen LogP contribution is -2.42. The van der Waals surface area contributed by atoms with Crippen LogP contribution in [0.5, 0.6) is 0 Å². The molecule has 1 aliphatic rings. The van der Waals surface area contributed by atoms with Gasteiger partial charge in [-0.1, -0.05) is 6.08 Å². The normalized spacial score (nSPS) is 13.5. The topological polar surface area (TPSA) is 131 Å². The largest absolute Gasteiger partial charge is 0.452 e. The van der Waals surface area contributed by atoms with Crippen molar-refractivity contribution in [3.8, 4) is 0 Å². The number of benzene rings is 1. The maximum atomic E-state index is 11.9. The zero-order valence-corrected chi connectivity index (χ0v) is 14.7. The van der Waals surface area contributed by atoms with Crippen LogP contribution < -0.4 is 15.4 Å². The van der Waals surface area contributed by atoms with E-state index in [1.807, 2.05) is 5.32 Å². The Morgan fingerprint density at radius 1 is 1.19 bits per heavy atom. The highest BCUT2D eigenvalue weighted by molar-refractivity contribution is 7.89. The number of sulfonamides is 1. The Morgan fingerprint density at radius 3 is 2.42 bits per heavy atom. The molecular formula is C16H19N3O6S. The summed E-state index contributed by atoms with van der Waals surface area (Å²) in [5.74, 6) is -1.57. The first-order valence-electron chi connectivity index (χ1n) is 7.80. The molecular weight excluding hydrogens is 362 g/mol. The fourth-order valence-corrected chi connectivity index (χ4v) is 2.85. The third-order valence-electron chi connectivity index (χ3n) is 3.32. The number of amides is 3. The predicted octanol–water partition coefficient (Wildman–Crippen LogP) is 0.296. The maximum absolute atomic E-state index is 11.9. The molecule has 9 nitrogen and oxygen atoms in total. The Balaban J connectivity index is 1.84. The van der Waals surface area contributed by atoms with E-state index < -0.39 is 34.5 Å². The SMILES string of the molecule is C=CCNS(=O)(=O)c1ccc(C(=O)OCC(=O)NC(=O)NC2CC2)cc1. The van der Waals surface area contributed by atoms with Crippen molar-refractivity contribution in [1.82, 2.24) is 15.4 Å². The summed E-state index contributed by atoms with van der Waals surface area (Å²) in [4.78, 5) is 34.8. The van der Waals surface area contributed by atoms with Crippen LogP contribution >= 0.6 is 0 Å². The molecule has 0 spiro atoms. The van der Waals surface area contributed by atoms with E-state index in [2.05, 4.69) is 16.6 Å². The number of esters is 1. The molecule has 3 amide bonds.